The summed E-state index contributed by atoms with van der Waals surface area (Å²) in [5.41, 5.74) is 0.319. The number of nitrogens with one attached hydrogen (secondary N) is 1. The molecule has 0 radical (unpaired) electrons. The van der Waals surface area contributed by atoms with Crippen molar-refractivity contribution in [3.05, 3.63) is 42.6 Å². The van der Waals surface area contributed by atoms with Gasteiger partial charge in [0.25, 0.3) is 5.91 Å². The Morgan fingerprint density at radius 1 is 1.38 bits per heavy atom. The first-order valence-corrected chi connectivity index (χ1v) is 8.23. The summed E-state index contributed by atoms with van der Waals surface area (Å²) >= 11 is 0. The number of amides is 1. The molecule has 1 amide bonds. The van der Waals surface area contributed by atoms with Gasteiger partial charge < -0.3 is 19.4 Å². The van der Waals surface area contributed by atoms with Gasteiger partial charge in [-0.15, -0.1) is 0 Å². The number of hydrogen-bond acceptors (Lipinski definition) is 6. The van der Waals surface area contributed by atoms with E-state index >= 15 is 0 Å². The summed E-state index contributed by atoms with van der Waals surface area (Å²) in [5, 5.41) is 3.38. The number of carbonyl (C=O) groups is 1. The highest BCUT2D eigenvalue weighted by molar-refractivity contribution is 5.94. The van der Waals surface area contributed by atoms with Crippen molar-refractivity contribution in [1.29, 1.82) is 0 Å². The summed E-state index contributed by atoms with van der Waals surface area (Å²) < 4.78 is 11.1. The Hall–Kier alpha value is -2.41. The molecule has 2 aromatic rings. The van der Waals surface area contributed by atoms with E-state index in [0.29, 0.717) is 31.2 Å². The van der Waals surface area contributed by atoms with Crippen LogP contribution in [0.15, 0.2) is 41.5 Å². The van der Waals surface area contributed by atoms with Crippen LogP contribution in [0.2, 0.25) is 0 Å². The van der Waals surface area contributed by atoms with Gasteiger partial charge in [0.05, 0.1) is 24.0 Å². The molecule has 7 heteroatoms. The van der Waals surface area contributed by atoms with Crippen molar-refractivity contribution in [2.24, 2.45) is 0 Å². The number of likely N-dealkylation sites (tertiary alicyclic amines) is 1. The molecule has 1 N–H and O–H groups in total. The first kappa shape index (κ1) is 15.1. The van der Waals surface area contributed by atoms with E-state index in [2.05, 4.69) is 15.3 Å². The third kappa shape index (κ3) is 2.99. The molecule has 2 saturated heterocycles. The van der Waals surface area contributed by atoms with Crippen molar-refractivity contribution in [2.45, 2.75) is 30.9 Å². The van der Waals surface area contributed by atoms with Crippen molar-refractivity contribution in [3.63, 3.8) is 0 Å². The maximum atomic E-state index is 12.5. The molecule has 0 saturated carbocycles. The Bertz CT molecular complexity index is 691. The lowest BCUT2D eigenvalue weighted by Crippen LogP contribution is -2.47. The van der Waals surface area contributed by atoms with Gasteiger partial charge in [0.15, 0.2) is 0 Å². The van der Waals surface area contributed by atoms with Crippen LogP contribution < -0.4 is 5.32 Å². The highest BCUT2D eigenvalue weighted by Gasteiger charge is 2.45. The minimum atomic E-state index is -0.274. The minimum Gasteiger partial charge on any atom is -0.472 e. The van der Waals surface area contributed by atoms with Crippen molar-refractivity contribution >= 4 is 11.9 Å². The van der Waals surface area contributed by atoms with Crippen LogP contribution >= 0.6 is 0 Å². The third-order valence-corrected chi connectivity index (χ3v) is 4.76. The van der Waals surface area contributed by atoms with Crippen LogP contribution in [-0.4, -0.2) is 52.1 Å². The second-order valence-electron chi connectivity index (χ2n) is 6.43. The molecule has 2 aliphatic heterocycles. The van der Waals surface area contributed by atoms with Crippen molar-refractivity contribution in [1.82, 2.24) is 14.9 Å². The SMILES string of the molecule is O=C(c1ccoc1)N1CC[C@@]2(C[C@H](Nc3ncccn3)CCO2)C1. The fourth-order valence-electron chi connectivity index (χ4n) is 3.58. The third-order valence-electron chi connectivity index (χ3n) is 4.76. The molecule has 0 aromatic carbocycles. The molecule has 7 nitrogen and oxygen atoms in total. The highest BCUT2D eigenvalue weighted by atomic mass is 16.5. The molecule has 2 atom stereocenters. The summed E-state index contributed by atoms with van der Waals surface area (Å²) in [5.74, 6) is 0.648. The average molecular weight is 328 g/mol. The predicted molar refractivity (Wildman–Crippen MR) is 86.6 cm³/mol. The van der Waals surface area contributed by atoms with Crippen LogP contribution in [0.3, 0.4) is 0 Å². The van der Waals surface area contributed by atoms with E-state index in [4.69, 9.17) is 9.15 Å². The van der Waals surface area contributed by atoms with Gasteiger partial charge in [-0.2, -0.15) is 0 Å². The topological polar surface area (TPSA) is 80.5 Å². The molecular formula is C17H20N4O3. The first-order chi connectivity index (χ1) is 11.7. The molecule has 0 unspecified atom stereocenters. The van der Waals surface area contributed by atoms with E-state index in [-0.39, 0.29) is 17.6 Å². The molecule has 2 aromatic heterocycles. The number of carbonyl (C=O) groups excluding carboxylic acids is 1. The van der Waals surface area contributed by atoms with Gasteiger partial charge in [-0.25, -0.2) is 9.97 Å². The van der Waals surface area contributed by atoms with Gasteiger partial charge >= 0.3 is 0 Å². The summed E-state index contributed by atoms with van der Waals surface area (Å²) in [6, 6.07) is 3.75. The van der Waals surface area contributed by atoms with Gasteiger partial charge in [0, 0.05) is 31.6 Å². The van der Waals surface area contributed by atoms with Crippen LogP contribution in [0, 0.1) is 0 Å². The van der Waals surface area contributed by atoms with Gasteiger partial charge in [0.1, 0.15) is 6.26 Å². The Morgan fingerprint density at radius 2 is 2.25 bits per heavy atom. The number of aromatic nitrogens is 2. The Balaban J connectivity index is 1.41. The first-order valence-electron chi connectivity index (χ1n) is 8.23. The largest absolute Gasteiger partial charge is 0.472 e. The fourth-order valence-corrected chi connectivity index (χ4v) is 3.58. The second kappa shape index (κ2) is 6.24. The molecular weight excluding hydrogens is 308 g/mol. The fraction of sp³-hybridized carbons (Fsp3) is 0.471. The molecule has 4 heterocycles. The van der Waals surface area contributed by atoms with Gasteiger partial charge in [-0.1, -0.05) is 0 Å². The van der Waals surface area contributed by atoms with E-state index < -0.39 is 0 Å². The summed E-state index contributed by atoms with van der Waals surface area (Å²) in [6.45, 7) is 2.00. The Kier molecular flexibility index (Phi) is 3.93. The molecule has 1 spiro atoms. The molecule has 4 rings (SSSR count). The maximum Gasteiger partial charge on any atom is 0.257 e. The predicted octanol–water partition coefficient (Wildman–Crippen LogP) is 1.95. The Labute approximate surface area is 140 Å². The van der Waals surface area contributed by atoms with Crippen molar-refractivity contribution in [2.75, 3.05) is 25.0 Å². The normalized spacial score (nSPS) is 26.7. The van der Waals surface area contributed by atoms with Gasteiger partial charge in [0.2, 0.25) is 5.95 Å². The monoisotopic (exact) mass is 328 g/mol. The standard InChI is InChI=1S/C17H20N4O3/c22-15(13-2-8-23-11-13)21-7-4-17(12-21)10-14(3-9-24-17)20-16-18-5-1-6-19-16/h1-2,5-6,8,11,14H,3-4,7,9-10,12H2,(H,18,19,20)/t14-,17-/m1/s1. The molecule has 0 bridgehead atoms. The number of hydrogen-bond donors (Lipinski definition) is 1. The molecule has 2 fully saturated rings. The number of furan rings is 1. The van der Waals surface area contributed by atoms with E-state index in [1.54, 1.807) is 24.5 Å². The molecule has 0 aliphatic carbocycles. The zero-order valence-electron chi connectivity index (χ0n) is 13.4. The van der Waals surface area contributed by atoms with Crippen molar-refractivity contribution in [3.8, 4) is 0 Å². The van der Waals surface area contributed by atoms with Crippen LogP contribution in [-0.2, 0) is 4.74 Å². The van der Waals surface area contributed by atoms with Crippen LogP contribution in [0.5, 0.6) is 0 Å². The molecule has 126 valence electrons. The number of ether oxygens (including phenoxy) is 1. The summed E-state index contributed by atoms with van der Waals surface area (Å²) in [7, 11) is 0. The summed E-state index contributed by atoms with van der Waals surface area (Å²) in [4.78, 5) is 22.8. The zero-order chi connectivity index (χ0) is 16.4. The van der Waals surface area contributed by atoms with E-state index in [9.17, 15) is 4.79 Å². The lowest BCUT2D eigenvalue weighted by atomic mass is 9.89. The van der Waals surface area contributed by atoms with E-state index in [1.165, 1.54) is 12.5 Å². The average Bonchev–Trinajstić information content (AvgIpc) is 3.26. The lowest BCUT2D eigenvalue weighted by molar-refractivity contribution is -0.0721. The minimum absolute atomic E-state index is 0.00528. The van der Waals surface area contributed by atoms with Crippen LogP contribution in [0.1, 0.15) is 29.6 Å². The number of anilines is 1. The van der Waals surface area contributed by atoms with E-state index in [0.717, 1.165) is 19.3 Å². The van der Waals surface area contributed by atoms with Gasteiger partial charge in [-0.05, 0) is 31.4 Å². The van der Waals surface area contributed by atoms with Crippen LogP contribution in [0.25, 0.3) is 0 Å². The van der Waals surface area contributed by atoms with E-state index in [1.807, 2.05) is 4.90 Å². The number of rotatable bonds is 3. The molecule has 24 heavy (non-hydrogen) atoms. The maximum absolute atomic E-state index is 12.5. The smallest absolute Gasteiger partial charge is 0.257 e. The second-order valence-corrected chi connectivity index (χ2v) is 6.43. The highest BCUT2D eigenvalue weighted by Crippen LogP contribution is 2.35. The zero-order valence-corrected chi connectivity index (χ0v) is 13.4. The number of nitrogens with zero attached hydrogens (tertiary/aromatic N) is 3. The Morgan fingerprint density at radius 3 is 3.04 bits per heavy atom. The molecule has 2 aliphatic rings. The quantitative estimate of drug-likeness (QED) is 0.927. The van der Waals surface area contributed by atoms with Gasteiger partial charge in [-0.3, -0.25) is 4.79 Å². The van der Waals surface area contributed by atoms with Crippen molar-refractivity contribution < 1.29 is 13.9 Å². The van der Waals surface area contributed by atoms with Crippen LogP contribution in [0.4, 0.5) is 5.95 Å². The summed E-state index contributed by atoms with van der Waals surface area (Å²) in [6.07, 6.45) is 9.08. The lowest BCUT2D eigenvalue weighted by Gasteiger charge is -2.38.